The number of aromatic nitrogens is 2. The van der Waals surface area contributed by atoms with Crippen molar-refractivity contribution in [1.82, 2.24) is 9.97 Å². The molecule has 0 aliphatic rings. The molecule has 0 aliphatic carbocycles. The maximum atomic E-state index is 11.8. The molecule has 2 aromatic rings. The van der Waals surface area contributed by atoms with Crippen LogP contribution in [0.25, 0.3) is 0 Å². The standard InChI is InChI=1S/C11H7BrClN3O/c12-8-3-1-2-7(4-8)11(17)16-10-6-14-5-9(13)15-10/h1-6H,(H,15,16,17). The molecule has 17 heavy (non-hydrogen) atoms. The number of carbonyl (C=O) groups is 1. The number of benzene rings is 1. The molecule has 86 valence electrons. The van der Waals surface area contributed by atoms with Gasteiger partial charge in [-0.15, -0.1) is 0 Å². The molecule has 2 rings (SSSR count). The molecule has 0 saturated heterocycles. The molecule has 0 atom stereocenters. The van der Waals surface area contributed by atoms with Crippen LogP contribution in [0.4, 0.5) is 5.82 Å². The second-order valence-corrected chi connectivity index (χ2v) is 4.49. The number of halogens is 2. The third-order valence-electron chi connectivity index (χ3n) is 1.93. The van der Waals surface area contributed by atoms with E-state index in [9.17, 15) is 4.79 Å². The van der Waals surface area contributed by atoms with Gasteiger partial charge < -0.3 is 5.32 Å². The van der Waals surface area contributed by atoms with E-state index in [0.717, 1.165) is 4.47 Å². The summed E-state index contributed by atoms with van der Waals surface area (Å²) in [5.74, 6) is 0.0605. The monoisotopic (exact) mass is 311 g/mol. The Morgan fingerprint density at radius 1 is 1.35 bits per heavy atom. The van der Waals surface area contributed by atoms with Crippen LogP contribution < -0.4 is 5.32 Å². The second-order valence-electron chi connectivity index (χ2n) is 3.19. The smallest absolute Gasteiger partial charge is 0.256 e. The Kier molecular flexibility index (Phi) is 3.71. The van der Waals surface area contributed by atoms with Crippen LogP contribution in [0.15, 0.2) is 41.1 Å². The number of nitrogens with zero attached hydrogens (tertiary/aromatic N) is 2. The van der Waals surface area contributed by atoms with Gasteiger partial charge in [0.15, 0.2) is 5.82 Å². The first-order chi connectivity index (χ1) is 8.15. The molecule has 0 unspecified atom stereocenters. The molecule has 0 aliphatic heterocycles. The quantitative estimate of drug-likeness (QED) is 0.927. The molecule has 1 amide bonds. The van der Waals surface area contributed by atoms with Crippen LogP contribution in [-0.4, -0.2) is 15.9 Å². The van der Waals surface area contributed by atoms with Gasteiger partial charge in [-0.05, 0) is 18.2 Å². The zero-order chi connectivity index (χ0) is 12.3. The van der Waals surface area contributed by atoms with Crippen LogP contribution in [0.3, 0.4) is 0 Å². The Labute approximate surface area is 111 Å². The van der Waals surface area contributed by atoms with Gasteiger partial charge in [0.05, 0.1) is 12.4 Å². The van der Waals surface area contributed by atoms with E-state index in [4.69, 9.17) is 11.6 Å². The summed E-state index contributed by atoms with van der Waals surface area (Å²) in [6.07, 6.45) is 2.83. The average Bonchev–Trinajstić information content (AvgIpc) is 2.29. The normalized spacial score (nSPS) is 10.0. The fourth-order valence-electron chi connectivity index (χ4n) is 1.22. The molecule has 0 spiro atoms. The van der Waals surface area contributed by atoms with Crippen molar-refractivity contribution in [3.8, 4) is 0 Å². The van der Waals surface area contributed by atoms with E-state index >= 15 is 0 Å². The zero-order valence-electron chi connectivity index (χ0n) is 8.52. The zero-order valence-corrected chi connectivity index (χ0v) is 10.9. The molecule has 1 N–H and O–H groups in total. The maximum Gasteiger partial charge on any atom is 0.256 e. The number of rotatable bonds is 2. The Hall–Kier alpha value is -1.46. The highest BCUT2D eigenvalue weighted by Crippen LogP contribution is 2.13. The third kappa shape index (κ3) is 3.25. The van der Waals surface area contributed by atoms with Crippen LogP contribution in [0.5, 0.6) is 0 Å². The van der Waals surface area contributed by atoms with E-state index in [2.05, 4.69) is 31.2 Å². The van der Waals surface area contributed by atoms with Gasteiger partial charge in [-0.1, -0.05) is 33.6 Å². The number of amides is 1. The van der Waals surface area contributed by atoms with Crippen LogP contribution in [0, 0.1) is 0 Å². The molecule has 1 aromatic carbocycles. The maximum absolute atomic E-state index is 11.8. The molecular weight excluding hydrogens is 305 g/mol. The Morgan fingerprint density at radius 3 is 2.88 bits per heavy atom. The van der Waals surface area contributed by atoms with E-state index in [-0.39, 0.29) is 11.1 Å². The topological polar surface area (TPSA) is 54.9 Å². The van der Waals surface area contributed by atoms with E-state index in [1.165, 1.54) is 12.4 Å². The van der Waals surface area contributed by atoms with Gasteiger partial charge in [0.1, 0.15) is 5.15 Å². The second kappa shape index (κ2) is 5.25. The van der Waals surface area contributed by atoms with Gasteiger partial charge in [-0.3, -0.25) is 9.78 Å². The van der Waals surface area contributed by atoms with E-state index in [1.807, 2.05) is 6.07 Å². The first-order valence-electron chi connectivity index (χ1n) is 4.69. The summed E-state index contributed by atoms with van der Waals surface area (Å²) in [7, 11) is 0. The molecule has 0 radical (unpaired) electrons. The summed E-state index contributed by atoms with van der Waals surface area (Å²) in [4.78, 5) is 19.6. The van der Waals surface area contributed by atoms with Gasteiger partial charge >= 0.3 is 0 Å². The molecule has 0 bridgehead atoms. The summed E-state index contributed by atoms with van der Waals surface area (Å²) in [5.41, 5.74) is 0.529. The lowest BCUT2D eigenvalue weighted by Gasteiger charge is -2.04. The average molecular weight is 313 g/mol. The van der Waals surface area contributed by atoms with Crippen molar-refractivity contribution < 1.29 is 4.79 Å². The number of hydrogen-bond acceptors (Lipinski definition) is 3. The van der Waals surface area contributed by atoms with Gasteiger partial charge in [-0.2, -0.15) is 0 Å². The molecule has 1 heterocycles. The summed E-state index contributed by atoms with van der Waals surface area (Å²) < 4.78 is 0.835. The fraction of sp³-hybridized carbons (Fsp3) is 0. The van der Waals surface area contributed by atoms with Crippen LogP contribution in [0.1, 0.15) is 10.4 Å². The summed E-state index contributed by atoms with van der Waals surface area (Å²) in [6.45, 7) is 0. The number of carbonyl (C=O) groups excluding carboxylic acids is 1. The van der Waals surface area contributed by atoms with Gasteiger partial charge in [0.25, 0.3) is 5.91 Å². The minimum atomic E-state index is -0.261. The number of nitrogens with one attached hydrogen (secondary N) is 1. The van der Waals surface area contributed by atoms with Crippen molar-refractivity contribution in [2.75, 3.05) is 5.32 Å². The highest BCUT2D eigenvalue weighted by molar-refractivity contribution is 9.10. The van der Waals surface area contributed by atoms with E-state index in [1.54, 1.807) is 18.2 Å². The fourth-order valence-corrected chi connectivity index (χ4v) is 1.77. The van der Waals surface area contributed by atoms with Crippen molar-refractivity contribution in [2.45, 2.75) is 0 Å². The molecule has 0 fully saturated rings. The molecule has 1 aromatic heterocycles. The third-order valence-corrected chi connectivity index (χ3v) is 2.61. The van der Waals surface area contributed by atoms with Gasteiger partial charge in [-0.25, -0.2) is 4.98 Å². The molecule has 0 saturated carbocycles. The lowest BCUT2D eigenvalue weighted by atomic mass is 10.2. The highest BCUT2D eigenvalue weighted by atomic mass is 79.9. The summed E-state index contributed by atoms with van der Waals surface area (Å²) in [5, 5.41) is 2.84. The van der Waals surface area contributed by atoms with Crippen molar-refractivity contribution in [1.29, 1.82) is 0 Å². The summed E-state index contributed by atoms with van der Waals surface area (Å²) >= 11 is 8.97. The lowest BCUT2D eigenvalue weighted by Crippen LogP contribution is -2.13. The van der Waals surface area contributed by atoms with Crippen LogP contribution in [-0.2, 0) is 0 Å². The lowest BCUT2D eigenvalue weighted by molar-refractivity contribution is 0.102. The van der Waals surface area contributed by atoms with Gasteiger partial charge in [0, 0.05) is 10.0 Å². The largest absolute Gasteiger partial charge is 0.305 e. The van der Waals surface area contributed by atoms with E-state index in [0.29, 0.717) is 11.4 Å². The van der Waals surface area contributed by atoms with Crippen molar-refractivity contribution in [2.24, 2.45) is 0 Å². The molecule has 6 heteroatoms. The Balaban J connectivity index is 2.17. The molecular formula is C11H7BrClN3O. The minimum Gasteiger partial charge on any atom is -0.305 e. The first kappa shape index (κ1) is 12.0. The van der Waals surface area contributed by atoms with E-state index < -0.39 is 0 Å². The predicted octanol–water partition coefficient (Wildman–Crippen LogP) is 3.14. The van der Waals surface area contributed by atoms with Crippen LogP contribution >= 0.6 is 27.5 Å². The predicted molar refractivity (Wildman–Crippen MR) is 69.1 cm³/mol. The molecule has 4 nitrogen and oxygen atoms in total. The van der Waals surface area contributed by atoms with Crippen LogP contribution in [0.2, 0.25) is 5.15 Å². The van der Waals surface area contributed by atoms with Gasteiger partial charge in [0.2, 0.25) is 0 Å². The van der Waals surface area contributed by atoms with Crippen molar-refractivity contribution in [3.05, 3.63) is 51.8 Å². The number of anilines is 1. The van der Waals surface area contributed by atoms with Crippen molar-refractivity contribution >= 4 is 39.3 Å². The Morgan fingerprint density at radius 2 is 2.18 bits per heavy atom. The SMILES string of the molecule is O=C(Nc1cncc(Cl)n1)c1cccc(Br)c1. The first-order valence-corrected chi connectivity index (χ1v) is 5.87. The minimum absolute atomic E-state index is 0.233. The summed E-state index contributed by atoms with van der Waals surface area (Å²) in [6, 6.07) is 7.05. The highest BCUT2D eigenvalue weighted by Gasteiger charge is 2.07. The number of hydrogen-bond donors (Lipinski definition) is 1. The van der Waals surface area contributed by atoms with Crippen molar-refractivity contribution in [3.63, 3.8) is 0 Å². The Bertz CT molecular complexity index is 562.